The number of benzene rings is 3. The Labute approximate surface area is 215 Å². The first-order valence-corrected chi connectivity index (χ1v) is 12.5. The fourth-order valence-corrected chi connectivity index (χ4v) is 5.43. The van der Waals surface area contributed by atoms with Crippen molar-refractivity contribution in [2.75, 3.05) is 18.1 Å². The third-order valence-corrected chi connectivity index (χ3v) is 7.09. The molecule has 0 spiro atoms. The molecule has 36 heavy (non-hydrogen) atoms. The van der Waals surface area contributed by atoms with Crippen LogP contribution in [0.3, 0.4) is 0 Å². The first-order chi connectivity index (χ1) is 17.5. The molecule has 4 unspecified atom stereocenters. The molecule has 2 aliphatic rings. The molecule has 5 rings (SSSR count). The van der Waals surface area contributed by atoms with Gasteiger partial charge in [0.15, 0.2) is 0 Å². The Morgan fingerprint density at radius 1 is 0.917 bits per heavy atom. The van der Waals surface area contributed by atoms with E-state index in [1.807, 2.05) is 55.5 Å². The van der Waals surface area contributed by atoms with Gasteiger partial charge in [0, 0.05) is 16.6 Å². The van der Waals surface area contributed by atoms with Crippen LogP contribution in [0.4, 0.5) is 5.69 Å². The number of halogens is 1. The summed E-state index contributed by atoms with van der Waals surface area (Å²) in [5.74, 6) is 0.213. The molecule has 2 aliphatic heterocycles. The van der Waals surface area contributed by atoms with Crippen LogP contribution in [-0.2, 0) is 9.53 Å². The predicted molar refractivity (Wildman–Crippen MR) is 138 cm³/mol. The second-order valence-electron chi connectivity index (χ2n) is 8.77. The summed E-state index contributed by atoms with van der Waals surface area (Å²) in [5.41, 5.74) is 9.62. The summed E-state index contributed by atoms with van der Waals surface area (Å²) in [6.45, 7) is 4.62. The number of hydrazine groups is 1. The number of esters is 1. The highest BCUT2D eigenvalue weighted by Crippen LogP contribution is 2.50. The molecule has 0 bridgehead atoms. The van der Waals surface area contributed by atoms with Gasteiger partial charge in [-0.05, 0) is 67.4 Å². The van der Waals surface area contributed by atoms with E-state index in [1.54, 1.807) is 36.1 Å². The van der Waals surface area contributed by atoms with Crippen LogP contribution in [0.25, 0.3) is 0 Å². The quantitative estimate of drug-likeness (QED) is 0.447. The minimum atomic E-state index is -0.451. The number of rotatable bonds is 7. The van der Waals surface area contributed by atoms with Crippen LogP contribution in [0.15, 0.2) is 72.8 Å². The predicted octanol–water partition coefficient (Wildman–Crippen LogP) is 4.84. The first kappa shape index (κ1) is 24.3. The van der Waals surface area contributed by atoms with Crippen molar-refractivity contribution in [2.24, 2.45) is 5.92 Å². The van der Waals surface area contributed by atoms with E-state index in [1.165, 1.54) is 0 Å². The second-order valence-corrected chi connectivity index (χ2v) is 9.17. The zero-order valence-corrected chi connectivity index (χ0v) is 20.9. The van der Waals surface area contributed by atoms with Crippen LogP contribution in [0.2, 0.25) is 5.02 Å². The smallest absolute Gasteiger partial charge is 0.338 e. The zero-order chi connectivity index (χ0) is 25.2. The molecular weight excluding hydrogens is 478 g/mol. The molecule has 2 heterocycles. The van der Waals surface area contributed by atoms with E-state index in [2.05, 4.69) is 10.9 Å². The number of ether oxygens (including phenoxy) is 2. The van der Waals surface area contributed by atoms with Gasteiger partial charge in [-0.25, -0.2) is 15.6 Å². The molecular formula is C28H28ClN3O4. The largest absolute Gasteiger partial charge is 0.494 e. The molecule has 2 fully saturated rings. The SMILES string of the molecule is CCOC(=O)c1ccc(N2C(=O)C3NNC(c4ccc(OCC)cc4)C3C2c2ccccc2Cl)cc1. The normalized spacial score (nSPS) is 23.0. The lowest BCUT2D eigenvalue weighted by Crippen LogP contribution is -2.41. The van der Waals surface area contributed by atoms with E-state index < -0.39 is 12.0 Å². The number of nitrogens with zero attached hydrogens (tertiary/aromatic N) is 1. The van der Waals surface area contributed by atoms with Crippen molar-refractivity contribution in [1.82, 2.24) is 10.9 Å². The number of nitrogens with one attached hydrogen (secondary N) is 2. The van der Waals surface area contributed by atoms with Gasteiger partial charge in [0.2, 0.25) is 5.91 Å². The molecule has 0 aromatic heterocycles. The monoisotopic (exact) mass is 505 g/mol. The molecule has 3 aromatic rings. The Morgan fingerprint density at radius 3 is 2.28 bits per heavy atom. The van der Waals surface area contributed by atoms with Gasteiger partial charge in [-0.2, -0.15) is 0 Å². The first-order valence-electron chi connectivity index (χ1n) is 12.1. The van der Waals surface area contributed by atoms with Crippen LogP contribution in [0, 0.1) is 5.92 Å². The van der Waals surface area contributed by atoms with Gasteiger partial charge in [0.25, 0.3) is 0 Å². The van der Waals surface area contributed by atoms with Gasteiger partial charge < -0.3 is 14.4 Å². The summed E-state index contributed by atoms with van der Waals surface area (Å²) in [4.78, 5) is 27.7. The summed E-state index contributed by atoms with van der Waals surface area (Å²) in [6.07, 6.45) is 0. The summed E-state index contributed by atoms with van der Waals surface area (Å²) in [7, 11) is 0. The molecule has 0 aliphatic carbocycles. The maximum atomic E-state index is 13.8. The maximum Gasteiger partial charge on any atom is 0.338 e. The van der Waals surface area contributed by atoms with E-state index in [9.17, 15) is 9.59 Å². The van der Waals surface area contributed by atoms with Gasteiger partial charge >= 0.3 is 5.97 Å². The summed E-state index contributed by atoms with van der Waals surface area (Å²) in [5, 5.41) is 0.599. The van der Waals surface area contributed by atoms with Gasteiger partial charge in [0.05, 0.1) is 30.9 Å². The Balaban J connectivity index is 1.54. The second kappa shape index (κ2) is 10.3. The standard InChI is InChI=1S/C28H28ClN3O4/c1-3-35-20-15-11-17(12-16-20)24-23-25(31-30-24)27(33)32(26(23)21-7-5-6-8-22(21)29)19-13-9-18(10-14-19)28(34)36-4-2/h5-16,23-26,30-31H,3-4H2,1-2H3. The maximum absolute atomic E-state index is 13.8. The molecule has 8 heteroatoms. The lowest BCUT2D eigenvalue weighted by Gasteiger charge is -2.32. The van der Waals surface area contributed by atoms with Crippen LogP contribution in [0.5, 0.6) is 5.75 Å². The molecule has 2 N–H and O–H groups in total. The average molecular weight is 506 g/mol. The number of carbonyl (C=O) groups excluding carboxylic acids is 2. The highest BCUT2D eigenvalue weighted by molar-refractivity contribution is 6.31. The van der Waals surface area contributed by atoms with Crippen molar-refractivity contribution in [3.05, 3.63) is 94.5 Å². The van der Waals surface area contributed by atoms with E-state index in [0.29, 0.717) is 29.5 Å². The molecule has 0 saturated carbocycles. The Morgan fingerprint density at radius 2 is 1.61 bits per heavy atom. The number of hydrogen-bond acceptors (Lipinski definition) is 6. The van der Waals surface area contributed by atoms with Crippen molar-refractivity contribution < 1.29 is 19.1 Å². The Kier molecular flexibility index (Phi) is 6.96. The number of anilines is 1. The van der Waals surface area contributed by atoms with Crippen LogP contribution < -0.4 is 20.5 Å². The highest BCUT2D eigenvalue weighted by Gasteiger charge is 2.56. The van der Waals surface area contributed by atoms with E-state index in [-0.39, 0.29) is 23.9 Å². The minimum Gasteiger partial charge on any atom is -0.494 e. The number of amides is 1. The number of hydrogen-bond donors (Lipinski definition) is 2. The van der Waals surface area contributed by atoms with Crippen molar-refractivity contribution in [3.8, 4) is 5.75 Å². The summed E-state index contributed by atoms with van der Waals surface area (Å²) < 4.78 is 10.7. The minimum absolute atomic E-state index is 0.0604. The van der Waals surface area contributed by atoms with Crippen molar-refractivity contribution in [3.63, 3.8) is 0 Å². The van der Waals surface area contributed by atoms with Crippen molar-refractivity contribution in [2.45, 2.75) is 32.0 Å². The molecule has 2 saturated heterocycles. The molecule has 186 valence electrons. The third-order valence-electron chi connectivity index (χ3n) is 6.74. The number of carbonyl (C=O) groups is 2. The summed E-state index contributed by atoms with van der Waals surface area (Å²) >= 11 is 6.69. The lowest BCUT2D eigenvalue weighted by atomic mass is 9.83. The van der Waals surface area contributed by atoms with Gasteiger partial charge in [-0.1, -0.05) is 41.9 Å². The Hall–Kier alpha value is -3.39. The highest BCUT2D eigenvalue weighted by atomic mass is 35.5. The zero-order valence-electron chi connectivity index (χ0n) is 20.1. The Bertz CT molecular complexity index is 1250. The molecule has 4 atom stereocenters. The van der Waals surface area contributed by atoms with Gasteiger partial charge in [0.1, 0.15) is 11.8 Å². The van der Waals surface area contributed by atoms with Crippen LogP contribution >= 0.6 is 11.6 Å². The van der Waals surface area contributed by atoms with Gasteiger partial charge in [-0.15, -0.1) is 0 Å². The van der Waals surface area contributed by atoms with Gasteiger partial charge in [-0.3, -0.25) is 4.79 Å². The third kappa shape index (κ3) is 4.34. The average Bonchev–Trinajstić information content (AvgIpc) is 3.44. The summed E-state index contributed by atoms with van der Waals surface area (Å²) in [6, 6.07) is 21.6. The van der Waals surface area contributed by atoms with E-state index in [0.717, 1.165) is 16.9 Å². The molecule has 1 amide bonds. The topological polar surface area (TPSA) is 79.9 Å². The van der Waals surface area contributed by atoms with E-state index >= 15 is 0 Å². The van der Waals surface area contributed by atoms with E-state index in [4.69, 9.17) is 21.1 Å². The van der Waals surface area contributed by atoms with Crippen molar-refractivity contribution >= 4 is 29.2 Å². The molecule has 7 nitrogen and oxygen atoms in total. The fourth-order valence-electron chi connectivity index (χ4n) is 5.18. The number of fused-ring (bicyclic) bond motifs is 1. The molecule has 3 aromatic carbocycles. The lowest BCUT2D eigenvalue weighted by molar-refractivity contribution is -0.119. The van der Waals surface area contributed by atoms with Crippen LogP contribution in [0.1, 0.15) is 47.4 Å². The molecule has 0 radical (unpaired) electrons. The van der Waals surface area contributed by atoms with Crippen molar-refractivity contribution in [1.29, 1.82) is 0 Å². The fraction of sp³-hybridized carbons (Fsp3) is 0.286. The van der Waals surface area contributed by atoms with Crippen LogP contribution in [-0.4, -0.2) is 31.1 Å².